The first-order chi connectivity index (χ1) is 9.21. The molecule has 0 amide bonds. The molecule has 5 nitrogen and oxygen atoms in total. The third-order valence-corrected chi connectivity index (χ3v) is 6.00. The number of nitrogens with zero attached hydrogens (tertiary/aromatic N) is 1. The summed E-state index contributed by atoms with van der Waals surface area (Å²) in [6.45, 7) is 6.03. The highest BCUT2D eigenvalue weighted by Crippen LogP contribution is 2.33. The highest BCUT2D eigenvalue weighted by Gasteiger charge is 2.42. The van der Waals surface area contributed by atoms with Gasteiger partial charge in [-0.3, -0.25) is 4.79 Å². The van der Waals surface area contributed by atoms with E-state index in [1.54, 1.807) is 0 Å². The number of ketones is 1. The summed E-state index contributed by atoms with van der Waals surface area (Å²) in [5, 5.41) is 0. The van der Waals surface area contributed by atoms with Crippen molar-refractivity contribution in [2.75, 3.05) is 6.54 Å². The lowest BCUT2D eigenvalue weighted by atomic mass is 9.82. The van der Waals surface area contributed by atoms with Crippen LogP contribution in [0.1, 0.15) is 59.3 Å². The SMILES string of the molecule is CC(C)(C)NS(=O)(=O)N1CCCC1C1CCCCC1=O. The number of hydrogen-bond donors (Lipinski definition) is 1. The predicted molar refractivity (Wildman–Crippen MR) is 78.5 cm³/mol. The smallest absolute Gasteiger partial charge is 0.280 e. The van der Waals surface area contributed by atoms with Crippen molar-refractivity contribution in [3.8, 4) is 0 Å². The molecular formula is C14H26N2O3S. The average molecular weight is 302 g/mol. The van der Waals surface area contributed by atoms with Gasteiger partial charge in [-0.15, -0.1) is 0 Å². The lowest BCUT2D eigenvalue weighted by molar-refractivity contribution is -0.126. The molecule has 1 N–H and O–H groups in total. The Labute approximate surface area is 122 Å². The first-order valence-corrected chi connectivity index (χ1v) is 8.98. The summed E-state index contributed by atoms with van der Waals surface area (Å²) >= 11 is 0. The molecule has 0 aromatic carbocycles. The molecule has 0 radical (unpaired) electrons. The van der Waals surface area contributed by atoms with Gasteiger partial charge in [0.25, 0.3) is 10.2 Å². The minimum absolute atomic E-state index is 0.0946. The van der Waals surface area contributed by atoms with Crippen LogP contribution in [0, 0.1) is 5.92 Å². The molecule has 1 saturated heterocycles. The van der Waals surface area contributed by atoms with E-state index in [0.717, 1.165) is 32.1 Å². The van der Waals surface area contributed by atoms with Crippen LogP contribution in [0.15, 0.2) is 0 Å². The number of carbonyl (C=O) groups excluding carboxylic acids is 1. The lowest BCUT2D eigenvalue weighted by Crippen LogP contribution is -2.52. The molecule has 2 unspecified atom stereocenters. The van der Waals surface area contributed by atoms with Gasteiger partial charge in [0.05, 0.1) is 0 Å². The topological polar surface area (TPSA) is 66.5 Å². The third-order valence-electron chi connectivity index (χ3n) is 4.06. The zero-order valence-electron chi connectivity index (χ0n) is 12.7. The van der Waals surface area contributed by atoms with Crippen LogP contribution in [0.4, 0.5) is 0 Å². The van der Waals surface area contributed by atoms with Crippen molar-refractivity contribution in [2.45, 2.75) is 70.9 Å². The highest BCUT2D eigenvalue weighted by atomic mass is 32.2. The number of rotatable bonds is 3. The van der Waals surface area contributed by atoms with E-state index in [2.05, 4.69) is 4.72 Å². The quantitative estimate of drug-likeness (QED) is 0.865. The molecule has 116 valence electrons. The van der Waals surface area contributed by atoms with Crippen LogP contribution in [-0.2, 0) is 15.0 Å². The Balaban J connectivity index is 2.16. The molecule has 20 heavy (non-hydrogen) atoms. The van der Waals surface area contributed by atoms with Gasteiger partial charge in [-0.2, -0.15) is 17.4 Å². The summed E-state index contributed by atoms with van der Waals surface area (Å²) in [6, 6.07) is -0.136. The number of carbonyl (C=O) groups is 1. The van der Waals surface area contributed by atoms with Crippen molar-refractivity contribution in [1.29, 1.82) is 0 Å². The van der Waals surface area contributed by atoms with Gasteiger partial charge in [-0.25, -0.2) is 0 Å². The van der Waals surface area contributed by atoms with E-state index in [1.807, 2.05) is 20.8 Å². The van der Waals surface area contributed by atoms with E-state index in [0.29, 0.717) is 13.0 Å². The van der Waals surface area contributed by atoms with Crippen molar-refractivity contribution in [2.24, 2.45) is 5.92 Å². The molecule has 2 atom stereocenters. The van der Waals surface area contributed by atoms with Crippen molar-refractivity contribution in [3.63, 3.8) is 0 Å². The normalized spacial score (nSPS) is 29.9. The van der Waals surface area contributed by atoms with Crippen LogP contribution in [0.2, 0.25) is 0 Å². The van der Waals surface area contributed by atoms with Crippen LogP contribution in [0.3, 0.4) is 0 Å². The summed E-state index contributed by atoms with van der Waals surface area (Å²) in [5.41, 5.74) is -0.497. The zero-order chi connectivity index (χ0) is 15.0. The van der Waals surface area contributed by atoms with Gasteiger partial charge in [0.1, 0.15) is 5.78 Å². The van der Waals surface area contributed by atoms with E-state index < -0.39 is 15.7 Å². The Hall–Kier alpha value is -0.460. The predicted octanol–water partition coefficient (Wildman–Crippen LogP) is 1.84. The Morgan fingerprint density at radius 2 is 1.85 bits per heavy atom. The molecule has 1 saturated carbocycles. The maximum absolute atomic E-state index is 12.5. The monoisotopic (exact) mass is 302 g/mol. The minimum atomic E-state index is -3.51. The summed E-state index contributed by atoms with van der Waals surface area (Å²) in [5.74, 6) is 0.155. The van der Waals surface area contributed by atoms with E-state index >= 15 is 0 Å². The maximum atomic E-state index is 12.5. The van der Waals surface area contributed by atoms with Crippen molar-refractivity contribution < 1.29 is 13.2 Å². The van der Waals surface area contributed by atoms with Gasteiger partial charge < -0.3 is 0 Å². The largest absolute Gasteiger partial charge is 0.299 e. The fraction of sp³-hybridized carbons (Fsp3) is 0.929. The Bertz CT molecular complexity index is 467. The zero-order valence-corrected chi connectivity index (χ0v) is 13.5. The fourth-order valence-electron chi connectivity index (χ4n) is 3.33. The molecule has 6 heteroatoms. The Kier molecular flexibility index (Phi) is 4.56. The van der Waals surface area contributed by atoms with Crippen molar-refractivity contribution in [1.82, 2.24) is 9.03 Å². The van der Waals surface area contributed by atoms with Crippen molar-refractivity contribution in [3.05, 3.63) is 0 Å². The molecule has 0 bridgehead atoms. The van der Waals surface area contributed by atoms with Crippen LogP contribution in [0.25, 0.3) is 0 Å². The van der Waals surface area contributed by atoms with Crippen LogP contribution >= 0.6 is 0 Å². The average Bonchev–Trinajstić information content (AvgIpc) is 2.75. The molecular weight excluding hydrogens is 276 g/mol. The van der Waals surface area contributed by atoms with Crippen LogP contribution < -0.4 is 4.72 Å². The van der Waals surface area contributed by atoms with Gasteiger partial charge in [-0.05, 0) is 46.5 Å². The molecule has 1 heterocycles. The second-order valence-electron chi connectivity index (χ2n) is 7.00. The molecule has 1 aliphatic heterocycles. The van der Waals surface area contributed by atoms with E-state index in [-0.39, 0.29) is 17.7 Å². The second kappa shape index (κ2) is 5.73. The van der Waals surface area contributed by atoms with E-state index in [4.69, 9.17) is 0 Å². The molecule has 0 aromatic heterocycles. The molecule has 1 aliphatic carbocycles. The summed E-state index contributed by atoms with van der Waals surface area (Å²) in [4.78, 5) is 12.1. The second-order valence-corrected chi connectivity index (χ2v) is 8.62. The third kappa shape index (κ3) is 3.59. The molecule has 0 spiro atoms. The van der Waals surface area contributed by atoms with Crippen molar-refractivity contribution >= 4 is 16.0 Å². The minimum Gasteiger partial charge on any atom is -0.299 e. The number of Topliss-reactive ketones (excluding diaryl/α,β-unsaturated/α-hetero) is 1. The summed E-state index contributed by atoms with van der Waals surface area (Å²) in [6.07, 6.45) is 5.09. The molecule has 0 aromatic rings. The van der Waals surface area contributed by atoms with Crippen LogP contribution in [-0.4, -0.2) is 36.6 Å². The van der Waals surface area contributed by atoms with Gasteiger partial charge >= 0.3 is 0 Å². The summed E-state index contributed by atoms with van der Waals surface area (Å²) in [7, 11) is -3.51. The van der Waals surface area contributed by atoms with Gasteiger partial charge in [0.2, 0.25) is 0 Å². The number of nitrogens with one attached hydrogen (secondary N) is 1. The van der Waals surface area contributed by atoms with Gasteiger partial charge in [0, 0.05) is 30.5 Å². The van der Waals surface area contributed by atoms with E-state index in [9.17, 15) is 13.2 Å². The first-order valence-electron chi connectivity index (χ1n) is 7.54. The molecule has 2 rings (SSSR count). The first kappa shape index (κ1) is 15.9. The van der Waals surface area contributed by atoms with Gasteiger partial charge in [0.15, 0.2) is 0 Å². The maximum Gasteiger partial charge on any atom is 0.280 e. The van der Waals surface area contributed by atoms with Crippen LogP contribution in [0.5, 0.6) is 0 Å². The van der Waals surface area contributed by atoms with E-state index in [1.165, 1.54) is 4.31 Å². The molecule has 2 aliphatic rings. The fourth-order valence-corrected chi connectivity index (χ4v) is 5.20. The standard InChI is InChI=1S/C14H26N2O3S/c1-14(2,3)15-20(18,19)16-10-6-8-12(16)11-7-4-5-9-13(11)17/h11-12,15H,4-10H2,1-3H3. The number of hydrogen-bond acceptors (Lipinski definition) is 3. The Morgan fingerprint density at radius 3 is 2.45 bits per heavy atom. The Morgan fingerprint density at radius 1 is 1.15 bits per heavy atom. The highest BCUT2D eigenvalue weighted by molar-refractivity contribution is 7.87. The summed E-state index contributed by atoms with van der Waals surface area (Å²) < 4.78 is 29.3. The molecule has 2 fully saturated rings. The van der Waals surface area contributed by atoms with Gasteiger partial charge in [-0.1, -0.05) is 6.42 Å². The lowest BCUT2D eigenvalue weighted by Gasteiger charge is -2.34.